The van der Waals surface area contributed by atoms with Crippen molar-refractivity contribution in [2.75, 3.05) is 24.7 Å². The van der Waals surface area contributed by atoms with Crippen LogP contribution in [0.1, 0.15) is 18.1 Å². The SMILES string of the molecule is O=[N+]([O-])c1c(F)cccc1N1CCOCC1CC(O)c1ccccc1. The standard InChI is InChI=1S/C18H19FN2O4/c19-15-7-4-8-16(18(15)21(23)24)20-9-10-25-12-14(20)11-17(22)13-5-2-1-3-6-13/h1-8,14,17,22H,9-12H2. The van der Waals surface area contributed by atoms with Crippen LogP contribution in [0.2, 0.25) is 0 Å². The van der Waals surface area contributed by atoms with Crippen LogP contribution in [0, 0.1) is 15.9 Å². The van der Waals surface area contributed by atoms with Gasteiger partial charge in [-0.05, 0) is 17.7 Å². The fourth-order valence-corrected chi connectivity index (χ4v) is 3.15. The second-order valence-electron chi connectivity index (χ2n) is 5.95. The third kappa shape index (κ3) is 3.78. The summed E-state index contributed by atoms with van der Waals surface area (Å²) in [5.74, 6) is -0.864. The van der Waals surface area contributed by atoms with Crippen molar-refractivity contribution >= 4 is 11.4 Å². The van der Waals surface area contributed by atoms with E-state index in [0.29, 0.717) is 26.2 Å². The van der Waals surface area contributed by atoms with E-state index in [-0.39, 0.29) is 11.7 Å². The average Bonchev–Trinajstić information content (AvgIpc) is 2.62. The van der Waals surface area contributed by atoms with Crippen LogP contribution in [0.15, 0.2) is 48.5 Å². The van der Waals surface area contributed by atoms with Crippen molar-refractivity contribution in [2.24, 2.45) is 0 Å². The molecule has 1 aliphatic heterocycles. The van der Waals surface area contributed by atoms with Gasteiger partial charge in [-0.1, -0.05) is 36.4 Å². The molecule has 1 fully saturated rings. The second-order valence-corrected chi connectivity index (χ2v) is 5.95. The van der Waals surface area contributed by atoms with Crippen molar-refractivity contribution in [3.8, 4) is 0 Å². The van der Waals surface area contributed by atoms with Crippen LogP contribution in [0.25, 0.3) is 0 Å². The highest BCUT2D eigenvalue weighted by atomic mass is 19.1. The lowest BCUT2D eigenvalue weighted by molar-refractivity contribution is -0.386. The Morgan fingerprint density at radius 3 is 2.76 bits per heavy atom. The van der Waals surface area contributed by atoms with Gasteiger partial charge in [0.2, 0.25) is 5.82 Å². The minimum atomic E-state index is -0.864. The highest BCUT2D eigenvalue weighted by Crippen LogP contribution is 2.34. The van der Waals surface area contributed by atoms with Gasteiger partial charge in [0.1, 0.15) is 5.69 Å². The smallest absolute Gasteiger partial charge is 0.327 e. The van der Waals surface area contributed by atoms with Gasteiger partial charge in [0.25, 0.3) is 0 Å². The van der Waals surface area contributed by atoms with E-state index in [2.05, 4.69) is 0 Å². The molecule has 1 aliphatic rings. The minimum absolute atomic E-state index is 0.221. The number of aliphatic hydroxyl groups excluding tert-OH is 1. The Hall–Kier alpha value is -2.51. The molecule has 0 spiro atoms. The first kappa shape index (κ1) is 17.3. The molecule has 1 saturated heterocycles. The predicted octanol–water partition coefficient (Wildman–Crippen LogP) is 3.06. The molecule has 2 aromatic carbocycles. The Kier molecular flexibility index (Phi) is 5.25. The number of benzene rings is 2. The number of nitro groups is 1. The summed E-state index contributed by atoms with van der Waals surface area (Å²) in [4.78, 5) is 12.4. The molecule has 3 rings (SSSR count). The summed E-state index contributed by atoms with van der Waals surface area (Å²) in [5, 5.41) is 21.8. The summed E-state index contributed by atoms with van der Waals surface area (Å²) in [7, 11) is 0. The zero-order valence-electron chi connectivity index (χ0n) is 13.5. The normalized spacial score (nSPS) is 18.8. The van der Waals surface area contributed by atoms with Gasteiger partial charge in [-0.15, -0.1) is 0 Å². The van der Waals surface area contributed by atoms with Crippen LogP contribution in [-0.2, 0) is 4.74 Å². The molecule has 6 nitrogen and oxygen atoms in total. The number of nitro benzene ring substituents is 1. The quantitative estimate of drug-likeness (QED) is 0.665. The van der Waals surface area contributed by atoms with Gasteiger partial charge in [0.15, 0.2) is 0 Å². The van der Waals surface area contributed by atoms with Gasteiger partial charge in [-0.25, -0.2) is 0 Å². The van der Waals surface area contributed by atoms with E-state index in [9.17, 15) is 19.6 Å². The molecule has 1 heterocycles. The molecule has 132 valence electrons. The Labute approximate surface area is 144 Å². The summed E-state index contributed by atoms with van der Waals surface area (Å²) >= 11 is 0. The summed E-state index contributed by atoms with van der Waals surface area (Å²) in [6, 6.07) is 13.0. The van der Waals surface area contributed by atoms with Gasteiger partial charge in [-0.3, -0.25) is 10.1 Å². The Morgan fingerprint density at radius 2 is 2.04 bits per heavy atom. The van der Waals surface area contributed by atoms with Gasteiger partial charge in [-0.2, -0.15) is 4.39 Å². The van der Waals surface area contributed by atoms with Crippen molar-refractivity contribution in [3.05, 3.63) is 70.0 Å². The number of anilines is 1. The highest BCUT2D eigenvalue weighted by molar-refractivity contribution is 5.64. The first-order valence-electron chi connectivity index (χ1n) is 8.08. The molecule has 0 bridgehead atoms. The number of hydrogen-bond donors (Lipinski definition) is 1. The number of rotatable bonds is 5. The molecular formula is C18H19FN2O4. The monoisotopic (exact) mass is 346 g/mol. The third-order valence-electron chi connectivity index (χ3n) is 4.36. The molecule has 0 amide bonds. The maximum absolute atomic E-state index is 14.0. The Balaban J connectivity index is 1.87. The molecule has 0 radical (unpaired) electrons. The fraction of sp³-hybridized carbons (Fsp3) is 0.333. The van der Waals surface area contributed by atoms with Gasteiger partial charge in [0, 0.05) is 13.0 Å². The molecule has 2 aromatic rings. The van der Waals surface area contributed by atoms with E-state index >= 15 is 0 Å². The van der Waals surface area contributed by atoms with Crippen LogP contribution >= 0.6 is 0 Å². The summed E-state index contributed by atoms with van der Waals surface area (Å²) in [6.07, 6.45) is -0.402. The maximum atomic E-state index is 14.0. The number of aliphatic hydroxyl groups is 1. The maximum Gasteiger partial charge on any atom is 0.327 e. The lowest BCUT2D eigenvalue weighted by atomic mass is 10.00. The Bertz CT molecular complexity index is 741. The number of morpholine rings is 1. The van der Waals surface area contributed by atoms with E-state index in [1.165, 1.54) is 12.1 Å². The number of ether oxygens (including phenoxy) is 1. The molecule has 0 saturated carbocycles. The molecule has 0 aromatic heterocycles. The summed E-state index contributed by atoms with van der Waals surface area (Å²) < 4.78 is 19.4. The average molecular weight is 346 g/mol. The van der Waals surface area contributed by atoms with E-state index in [0.717, 1.165) is 11.6 Å². The van der Waals surface area contributed by atoms with E-state index in [1.54, 1.807) is 4.90 Å². The van der Waals surface area contributed by atoms with Crippen LogP contribution in [0.5, 0.6) is 0 Å². The van der Waals surface area contributed by atoms with E-state index in [1.807, 2.05) is 30.3 Å². The topological polar surface area (TPSA) is 75.8 Å². The summed E-state index contributed by atoms with van der Waals surface area (Å²) in [6.45, 7) is 1.11. The van der Waals surface area contributed by atoms with Crippen molar-refractivity contribution < 1.29 is 19.2 Å². The second kappa shape index (κ2) is 7.58. The van der Waals surface area contributed by atoms with Crippen molar-refractivity contribution in [1.29, 1.82) is 0 Å². The molecule has 0 aliphatic carbocycles. The lowest BCUT2D eigenvalue weighted by Crippen LogP contribution is -2.46. The van der Waals surface area contributed by atoms with Crippen molar-refractivity contribution in [3.63, 3.8) is 0 Å². The van der Waals surface area contributed by atoms with Gasteiger partial charge in [0.05, 0.1) is 30.3 Å². The van der Waals surface area contributed by atoms with Crippen molar-refractivity contribution in [1.82, 2.24) is 0 Å². The lowest BCUT2D eigenvalue weighted by Gasteiger charge is -2.38. The van der Waals surface area contributed by atoms with Gasteiger partial charge >= 0.3 is 5.69 Å². The van der Waals surface area contributed by atoms with Crippen LogP contribution < -0.4 is 4.90 Å². The zero-order chi connectivity index (χ0) is 17.8. The predicted molar refractivity (Wildman–Crippen MR) is 91.0 cm³/mol. The van der Waals surface area contributed by atoms with Crippen molar-refractivity contribution in [2.45, 2.75) is 18.6 Å². The highest BCUT2D eigenvalue weighted by Gasteiger charge is 2.32. The zero-order valence-corrected chi connectivity index (χ0v) is 13.5. The fourth-order valence-electron chi connectivity index (χ4n) is 3.15. The number of halogens is 1. The number of nitrogens with zero attached hydrogens (tertiary/aromatic N) is 2. The molecule has 2 unspecified atom stereocenters. The van der Waals surface area contributed by atoms with Crippen LogP contribution in [-0.4, -0.2) is 35.8 Å². The Morgan fingerprint density at radius 1 is 1.28 bits per heavy atom. The largest absolute Gasteiger partial charge is 0.388 e. The minimum Gasteiger partial charge on any atom is -0.388 e. The van der Waals surface area contributed by atoms with E-state index in [4.69, 9.17) is 4.74 Å². The number of hydrogen-bond acceptors (Lipinski definition) is 5. The van der Waals surface area contributed by atoms with Crippen LogP contribution in [0.3, 0.4) is 0 Å². The molecular weight excluding hydrogens is 327 g/mol. The molecule has 2 atom stereocenters. The first-order chi connectivity index (χ1) is 12.1. The molecule has 25 heavy (non-hydrogen) atoms. The third-order valence-corrected chi connectivity index (χ3v) is 4.36. The molecule has 1 N–H and O–H groups in total. The van der Waals surface area contributed by atoms with E-state index < -0.39 is 22.5 Å². The summed E-state index contributed by atoms with van der Waals surface area (Å²) in [5.41, 5.74) is 0.448. The first-order valence-corrected chi connectivity index (χ1v) is 8.08. The van der Waals surface area contributed by atoms with Crippen LogP contribution in [0.4, 0.5) is 15.8 Å². The number of para-hydroxylation sites is 1. The molecule has 7 heteroatoms. The van der Waals surface area contributed by atoms with Gasteiger partial charge < -0.3 is 14.7 Å².